The van der Waals surface area contributed by atoms with Gasteiger partial charge in [0.2, 0.25) is 0 Å². The topological polar surface area (TPSA) is 30.5 Å². The minimum absolute atomic E-state index is 0.364. The number of ether oxygens (including phenoxy) is 2. The molecule has 0 aromatic carbocycles. The summed E-state index contributed by atoms with van der Waals surface area (Å²) in [6.07, 6.45) is 6.42. The lowest BCUT2D eigenvalue weighted by molar-refractivity contribution is -0.0410. The van der Waals surface area contributed by atoms with E-state index in [1.807, 2.05) is 0 Å². The predicted molar refractivity (Wildman–Crippen MR) is 71.4 cm³/mol. The Kier molecular flexibility index (Phi) is 8.67. The van der Waals surface area contributed by atoms with E-state index >= 15 is 0 Å². The summed E-state index contributed by atoms with van der Waals surface area (Å²) >= 11 is 0. The van der Waals surface area contributed by atoms with Gasteiger partial charge in [0.1, 0.15) is 0 Å². The molecule has 1 aliphatic rings. The van der Waals surface area contributed by atoms with E-state index < -0.39 is 0 Å². The summed E-state index contributed by atoms with van der Waals surface area (Å²) < 4.78 is 11.3. The largest absolute Gasteiger partial charge is 0.379 e. The molecule has 0 amide bonds. The molecule has 0 saturated carbocycles. The third-order valence-electron chi connectivity index (χ3n) is 3.02. The monoisotopic (exact) mass is 243 g/mol. The number of nitrogens with one attached hydrogen (secondary N) is 1. The van der Waals surface area contributed by atoms with Gasteiger partial charge in [-0.05, 0) is 51.1 Å². The van der Waals surface area contributed by atoms with Gasteiger partial charge in [-0.25, -0.2) is 0 Å². The molecule has 1 aliphatic heterocycles. The maximum atomic E-state index is 5.65. The van der Waals surface area contributed by atoms with Gasteiger partial charge >= 0.3 is 0 Å². The molecule has 3 heteroatoms. The molecule has 17 heavy (non-hydrogen) atoms. The molecule has 1 unspecified atom stereocenters. The molecule has 102 valence electrons. The van der Waals surface area contributed by atoms with Crippen molar-refractivity contribution in [2.45, 2.75) is 52.1 Å². The Labute approximate surface area is 106 Å². The summed E-state index contributed by atoms with van der Waals surface area (Å²) in [5.41, 5.74) is 0. The van der Waals surface area contributed by atoms with E-state index in [2.05, 4.69) is 19.2 Å². The summed E-state index contributed by atoms with van der Waals surface area (Å²) in [6, 6.07) is 0. The summed E-state index contributed by atoms with van der Waals surface area (Å²) in [4.78, 5) is 0. The average molecular weight is 243 g/mol. The smallest absolute Gasteiger partial charge is 0.0808 e. The molecule has 0 radical (unpaired) electrons. The van der Waals surface area contributed by atoms with E-state index in [-0.39, 0.29) is 0 Å². The highest BCUT2D eigenvalue weighted by molar-refractivity contribution is 4.62. The Bertz CT molecular complexity index is 168. The fraction of sp³-hybridized carbons (Fsp3) is 1.00. The number of rotatable bonds is 9. The van der Waals surface area contributed by atoms with Crippen LogP contribution < -0.4 is 5.32 Å². The van der Waals surface area contributed by atoms with E-state index in [1.54, 1.807) is 0 Å². The molecular weight excluding hydrogens is 214 g/mol. The van der Waals surface area contributed by atoms with Gasteiger partial charge in [0.15, 0.2) is 0 Å². The highest BCUT2D eigenvalue weighted by Crippen LogP contribution is 2.12. The van der Waals surface area contributed by atoms with E-state index in [0.717, 1.165) is 45.2 Å². The van der Waals surface area contributed by atoms with Gasteiger partial charge in [-0.1, -0.05) is 13.8 Å². The number of unbranched alkanes of at least 4 members (excludes halogenated alkanes) is 1. The fourth-order valence-electron chi connectivity index (χ4n) is 2.00. The molecule has 0 aromatic heterocycles. The highest BCUT2D eigenvalue weighted by Gasteiger charge is 2.13. The summed E-state index contributed by atoms with van der Waals surface area (Å²) in [6.45, 7) is 9.30. The molecule has 1 saturated heterocycles. The van der Waals surface area contributed by atoms with Gasteiger partial charge < -0.3 is 14.8 Å². The second-order valence-electron chi connectivity index (χ2n) is 5.37. The molecule has 1 heterocycles. The highest BCUT2D eigenvalue weighted by atomic mass is 16.5. The maximum absolute atomic E-state index is 5.65. The molecular formula is C14H29NO2. The molecule has 1 atom stereocenters. The molecule has 0 bridgehead atoms. The zero-order chi connectivity index (χ0) is 12.3. The van der Waals surface area contributed by atoms with Crippen molar-refractivity contribution in [1.29, 1.82) is 0 Å². The van der Waals surface area contributed by atoms with Crippen molar-refractivity contribution in [3.63, 3.8) is 0 Å². The van der Waals surface area contributed by atoms with Crippen LogP contribution in [0.4, 0.5) is 0 Å². The molecule has 0 aliphatic carbocycles. The average Bonchev–Trinajstić information content (AvgIpc) is 2.33. The molecule has 1 N–H and O–H groups in total. The first kappa shape index (κ1) is 14.9. The SMILES string of the molecule is CC(C)CNCCCCOCC1CCCCO1. The quantitative estimate of drug-likeness (QED) is 0.631. The summed E-state index contributed by atoms with van der Waals surface area (Å²) in [7, 11) is 0. The van der Waals surface area contributed by atoms with Gasteiger partial charge in [-0.15, -0.1) is 0 Å². The third kappa shape index (κ3) is 8.58. The second kappa shape index (κ2) is 9.86. The first-order valence-corrected chi connectivity index (χ1v) is 7.19. The van der Waals surface area contributed by atoms with Gasteiger partial charge in [-0.3, -0.25) is 0 Å². The normalized spacial score (nSPS) is 21.0. The fourth-order valence-corrected chi connectivity index (χ4v) is 2.00. The van der Waals surface area contributed by atoms with Gasteiger partial charge in [0, 0.05) is 13.2 Å². The van der Waals surface area contributed by atoms with Crippen molar-refractivity contribution in [2.24, 2.45) is 5.92 Å². The lowest BCUT2D eigenvalue weighted by Gasteiger charge is -2.22. The molecule has 0 spiro atoms. The number of hydrogen-bond donors (Lipinski definition) is 1. The summed E-state index contributed by atoms with van der Waals surface area (Å²) in [5.74, 6) is 0.745. The second-order valence-corrected chi connectivity index (χ2v) is 5.37. The lowest BCUT2D eigenvalue weighted by atomic mass is 10.1. The Hall–Kier alpha value is -0.120. The van der Waals surface area contributed by atoms with Gasteiger partial charge in [0.25, 0.3) is 0 Å². The Morgan fingerprint density at radius 2 is 2.18 bits per heavy atom. The molecule has 0 aromatic rings. The van der Waals surface area contributed by atoms with Crippen molar-refractivity contribution in [2.75, 3.05) is 32.9 Å². The van der Waals surface area contributed by atoms with Crippen LogP contribution in [-0.4, -0.2) is 39.0 Å². The predicted octanol–water partition coefficient (Wildman–Crippen LogP) is 2.60. The van der Waals surface area contributed by atoms with Crippen molar-refractivity contribution >= 4 is 0 Å². The third-order valence-corrected chi connectivity index (χ3v) is 3.02. The number of hydrogen-bond acceptors (Lipinski definition) is 3. The van der Waals surface area contributed by atoms with E-state index in [4.69, 9.17) is 9.47 Å². The van der Waals surface area contributed by atoms with Crippen molar-refractivity contribution < 1.29 is 9.47 Å². The van der Waals surface area contributed by atoms with E-state index in [0.29, 0.717) is 6.10 Å². The lowest BCUT2D eigenvalue weighted by Crippen LogP contribution is -2.25. The zero-order valence-electron chi connectivity index (χ0n) is 11.5. The van der Waals surface area contributed by atoms with E-state index in [9.17, 15) is 0 Å². The Balaban J connectivity index is 1.78. The van der Waals surface area contributed by atoms with Crippen LogP contribution in [0, 0.1) is 5.92 Å². The Morgan fingerprint density at radius 1 is 1.29 bits per heavy atom. The first-order valence-electron chi connectivity index (χ1n) is 7.19. The van der Waals surface area contributed by atoms with Crippen LogP contribution >= 0.6 is 0 Å². The Morgan fingerprint density at radius 3 is 2.88 bits per heavy atom. The van der Waals surface area contributed by atoms with Crippen LogP contribution in [0.25, 0.3) is 0 Å². The molecule has 1 fully saturated rings. The zero-order valence-corrected chi connectivity index (χ0v) is 11.5. The van der Waals surface area contributed by atoms with Crippen LogP contribution in [-0.2, 0) is 9.47 Å². The van der Waals surface area contributed by atoms with Gasteiger partial charge in [-0.2, -0.15) is 0 Å². The van der Waals surface area contributed by atoms with Crippen molar-refractivity contribution in [3.8, 4) is 0 Å². The minimum Gasteiger partial charge on any atom is -0.379 e. The van der Waals surface area contributed by atoms with Crippen LogP contribution in [0.15, 0.2) is 0 Å². The maximum Gasteiger partial charge on any atom is 0.0808 e. The summed E-state index contributed by atoms with van der Waals surface area (Å²) in [5, 5.41) is 3.44. The molecule has 1 rings (SSSR count). The van der Waals surface area contributed by atoms with E-state index in [1.165, 1.54) is 25.7 Å². The standard InChI is InChI=1S/C14H29NO2/c1-13(2)11-15-8-4-6-9-16-12-14-7-3-5-10-17-14/h13-15H,3-12H2,1-2H3. The van der Waals surface area contributed by atoms with Crippen LogP contribution in [0.3, 0.4) is 0 Å². The van der Waals surface area contributed by atoms with Gasteiger partial charge in [0.05, 0.1) is 12.7 Å². The van der Waals surface area contributed by atoms with Crippen LogP contribution in [0.1, 0.15) is 46.0 Å². The van der Waals surface area contributed by atoms with Crippen LogP contribution in [0.5, 0.6) is 0 Å². The van der Waals surface area contributed by atoms with Crippen molar-refractivity contribution in [3.05, 3.63) is 0 Å². The molecule has 3 nitrogen and oxygen atoms in total. The minimum atomic E-state index is 0.364. The first-order chi connectivity index (χ1) is 8.29. The van der Waals surface area contributed by atoms with Crippen LogP contribution in [0.2, 0.25) is 0 Å². The van der Waals surface area contributed by atoms with Crippen molar-refractivity contribution in [1.82, 2.24) is 5.32 Å².